The summed E-state index contributed by atoms with van der Waals surface area (Å²) in [5, 5.41) is 0. The molecule has 1 aromatic rings. The first-order valence-electron chi connectivity index (χ1n) is 9.65. The minimum atomic E-state index is -0.235. The van der Waals surface area contributed by atoms with E-state index in [9.17, 15) is 14.0 Å². The fraction of sp³-hybridized carbons (Fsp3) is 0.600. The molecular weight excluding hydrogens is 333 g/mol. The molecule has 2 aliphatic carbocycles. The van der Waals surface area contributed by atoms with E-state index in [1.165, 1.54) is 6.07 Å². The Morgan fingerprint density at radius 1 is 1.04 bits per heavy atom. The van der Waals surface area contributed by atoms with Gasteiger partial charge in [0.2, 0.25) is 11.8 Å². The Bertz CT molecular complexity index is 679. The van der Waals surface area contributed by atoms with E-state index in [1.807, 2.05) is 15.9 Å². The molecule has 3 fully saturated rings. The Hall–Kier alpha value is -1.95. The lowest BCUT2D eigenvalue weighted by atomic mass is 10.2. The first-order chi connectivity index (χ1) is 12.6. The van der Waals surface area contributed by atoms with Gasteiger partial charge in [-0.05, 0) is 43.4 Å². The van der Waals surface area contributed by atoms with E-state index in [1.54, 1.807) is 12.1 Å². The lowest BCUT2D eigenvalue weighted by Gasteiger charge is -2.36. The third-order valence-electron chi connectivity index (χ3n) is 5.55. The van der Waals surface area contributed by atoms with Crippen LogP contribution in [0.3, 0.4) is 0 Å². The van der Waals surface area contributed by atoms with Gasteiger partial charge in [0.05, 0.1) is 6.54 Å². The van der Waals surface area contributed by atoms with Gasteiger partial charge in [-0.25, -0.2) is 4.39 Å². The van der Waals surface area contributed by atoms with E-state index in [4.69, 9.17) is 0 Å². The first-order valence-corrected chi connectivity index (χ1v) is 9.65. The van der Waals surface area contributed by atoms with E-state index in [0.717, 1.165) is 31.2 Å². The van der Waals surface area contributed by atoms with Crippen LogP contribution in [0.1, 0.15) is 31.2 Å². The molecule has 3 aliphatic rings. The number of hydrogen-bond acceptors (Lipinski definition) is 3. The van der Waals surface area contributed by atoms with Crippen LogP contribution >= 0.6 is 0 Å². The van der Waals surface area contributed by atoms with Crippen molar-refractivity contribution in [1.82, 2.24) is 14.7 Å². The second-order valence-corrected chi connectivity index (χ2v) is 7.75. The molecule has 0 unspecified atom stereocenters. The van der Waals surface area contributed by atoms with Crippen molar-refractivity contribution in [2.24, 2.45) is 5.92 Å². The molecule has 0 radical (unpaired) electrons. The van der Waals surface area contributed by atoms with Crippen LogP contribution in [-0.2, 0) is 16.1 Å². The topological polar surface area (TPSA) is 43.9 Å². The molecule has 26 heavy (non-hydrogen) atoms. The maximum Gasteiger partial charge on any atom is 0.236 e. The molecular formula is C20H26FN3O2. The van der Waals surface area contributed by atoms with E-state index >= 15 is 0 Å². The van der Waals surface area contributed by atoms with Crippen LogP contribution in [-0.4, -0.2) is 65.3 Å². The van der Waals surface area contributed by atoms with Crippen LogP contribution in [0.15, 0.2) is 24.3 Å². The summed E-state index contributed by atoms with van der Waals surface area (Å²) < 4.78 is 13.4. The minimum Gasteiger partial charge on any atom is -0.339 e. The molecule has 2 amide bonds. The molecule has 1 aliphatic heterocycles. The van der Waals surface area contributed by atoms with Gasteiger partial charge in [-0.2, -0.15) is 0 Å². The van der Waals surface area contributed by atoms with Crippen LogP contribution < -0.4 is 0 Å². The molecule has 0 aromatic heterocycles. The minimum absolute atomic E-state index is 0.117. The first kappa shape index (κ1) is 17.5. The highest BCUT2D eigenvalue weighted by molar-refractivity contribution is 5.82. The molecule has 1 heterocycles. The van der Waals surface area contributed by atoms with Crippen molar-refractivity contribution >= 4 is 11.8 Å². The quantitative estimate of drug-likeness (QED) is 0.779. The Labute approximate surface area is 153 Å². The highest BCUT2D eigenvalue weighted by Gasteiger charge is 2.36. The molecule has 5 nitrogen and oxygen atoms in total. The van der Waals surface area contributed by atoms with Crippen molar-refractivity contribution in [2.45, 2.75) is 38.3 Å². The summed E-state index contributed by atoms with van der Waals surface area (Å²) in [4.78, 5) is 30.8. The van der Waals surface area contributed by atoms with Gasteiger partial charge >= 0.3 is 0 Å². The number of benzene rings is 1. The molecule has 0 atom stereocenters. The van der Waals surface area contributed by atoms with Gasteiger partial charge < -0.3 is 9.80 Å². The molecule has 1 saturated heterocycles. The molecule has 0 bridgehead atoms. The second-order valence-electron chi connectivity index (χ2n) is 7.75. The average Bonchev–Trinajstić information content (AvgIpc) is 3.53. The van der Waals surface area contributed by atoms with Crippen LogP contribution in [0, 0.1) is 11.7 Å². The summed E-state index contributed by atoms with van der Waals surface area (Å²) in [7, 11) is 0. The van der Waals surface area contributed by atoms with E-state index in [-0.39, 0.29) is 23.5 Å². The van der Waals surface area contributed by atoms with E-state index in [0.29, 0.717) is 45.3 Å². The van der Waals surface area contributed by atoms with E-state index < -0.39 is 0 Å². The largest absolute Gasteiger partial charge is 0.339 e. The van der Waals surface area contributed by atoms with Gasteiger partial charge in [0.15, 0.2) is 0 Å². The van der Waals surface area contributed by atoms with Crippen LogP contribution in [0.4, 0.5) is 4.39 Å². The van der Waals surface area contributed by atoms with Crippen LogP contribution in [0.2, 0.25) is 0 Å². The van der Waals surface area contributed by atoms with Crippen molar-refractivity contribution in [2.75, 3.05) is 32.7 Å². The molecule has 2 saturated carbocycles. The Morgan fingerprint density at radius 2 is 1.73 bits per heavy atom. The van der Waals surface area contributed by atoms with E-state index in [2.05, 4.69) is 4.90 Å². The van der Waals surface area contributed by atoms with Crippen molar-refractivity contribution in [1.29, 1.82) is 0 Å². The Morgan fingerprint density at radius 3 is 2.35 bits per heavy atom. The number of piperazine rings is 1. The van der Waals surface area contributed by atoms with Gasteiger partial charge in [0.25, 0.3) is 0 Å². The van der Waals surface area contributed by atoms with Gasteiger partial charge in [-0.15, -0.1) is 0 Å². The fourth-order valence-electron chi connectivity index (χ4n) is 3.66. The smallest absolute Gasteiger partial charge is 0.236 e. The summed E-state index contributed by atoms with van der Waals surface area (Å²) in [6.07, 6.45) is 4.25. The predicted molar refractivity (Wildman–Crippen MR) is 95.7 cm³/mol. The van der Waals surface area contributed by atoms with Gasteiger partial charge in [-0.3, -0.25) is 14.5 Å². The number of carbonyl (C=O) groups is 2. The number of carbonyl (C=O) groups excluding carboxylic acids is 2. The third kappa shape index (κ3) is 4.23. The van der Waals surface area contributed by atoms with Gasteiger partial charge in [0.1, 0.15) is 5.82 Å². The highest BCUT2D eigenvalue weighted by atomic mass is 19.1. The maximum absolute atomic E-state index is 13.4. The van der Waals surface area contributed by atoms with Crippen LogP contribution in [0.25, 0.3) is 0 Å². The standard InChI is InChI=1S/C20H26FN3O2/c21-17-3-1-2-15(12-17)13-24(18-6-7-18)14-19(25)22-8-10-23(11-9-22)20(26)16-4-5-16/h1-3,12,16,18H,4-11,13-14H2. The summed E-state index contributed by atoms with van der Waals surface area (Å²) in [5.41, 5.74) is 0.907. The SMILES string of the molecule is O=C(CN(Cc1cccc(F)c1)C1CC1)N1CCN(C(=O)C2CC2)CC1. The highest BCUT2D eigenvalue weighted by Crippen LogP contribution is 2.31. The molecule has 1 aromatic carbocycles. The summed E-state index contributed by atoms with van der Waals surface area (Å²) >= 11 is 0. The zero-order chi connectivity index (χ0) is 18.1. The summed E-state index contributed by atoms with van der Waals surface area (Å²) in [6, 6.07) is 7.04. The molecule has 140 valence electrons. The average molecular weight is 359 g/mol. The van der Waals surface area contributed by atoms with Crippen molar-refractivity contribution < 1.29 is 14.0 Å². The zero-order valence-electron chi connectivity index (χ0n) is 15.1. The number of hydrogen-bond donors (Lipinski definition) is 0. The van der Waals surface area contributed by atoms with Gasteiger partial charge in [0, 0.05) is 44.7 Å². The molecule has 6 heteroatoms. The van der Waals surface area contributed by atoms with Crippen molar-refractivity contribution in [3.05, 3.63) is 35.6 Å². The second kappa shape index (κ2) is 7.35. The number of amides is 2. The lowest BCUT2D eigenvalue weighted by molar-refractivity contribution is -0.141. The van der Waals surface area contributed by atoms with Crippen molar-refractivity contribution in [3.8, 4) is 0 Å². The Kier molecular flexibility index (Phi) is 4.94. The Balaban J connectivity index is 1.30. The normalized spacial score (nSPS) is 20.5. The molecule has 0 N–H and O–H groups in total. The lowest BCUT2D eigenvalue weighted by Crippen LogP contribution is -2.53. The maximum atomic E-state index is 13.4. The van der Waals surface area contributed by atoms with Crippen LogP contribution in [0.5, 0.6) is 0 Å². The van der Waals surface area contributed by atoms with Crippen molar-refractivity contribution in [3.63, 3.8) is 0 Å². The predicted octanol–water partition coefficient (Wildman–Crippen LogP) is 1.87. The monoisotopic (exact) mass is 359 g/mol. The number of halogens is 1. The molecule has 0 spiro atoms. The number of rotatable bonds is 6. The third-order valence-corrected chi connectivity index (χ3v) is 5.55. The number of nitrogens with zero attached hydrogens (tertiary/aromatic N) is 3. The van der Waals surface area contributed by atoms with Gasteiger partial charge in [-0.1, -0.05) is 12.1 Å². The zero-order valence-corrected chi connectivity index (χ0v) is 15.1. The summed E-state index contributed by atoms with van der Waals surface area (Å²) in [5.74, 6) is 0.393. The molecule has 4 rings (SSSR count). The summed E-state index contributed by atoms with van der Waals surface area (Å²) in [6.45, 7) is 3.51. The fourth-order valence-corrected chi connectivity index (χ4v) is 3.66.